The molecular weight excluding hydrogens is 422 g/mol. The second-order valence-electron chi connectivity index (χ2n) is 8.80. The van der Waals surface area contributed by atoms with Crippen LogP contribution >= 0.6 is 0 Å². The van der Waals surface area contributed by atoms with Crippen LogP contribution in [0.4, 0.5) is 5.95 Å². The third kappa shape index (κ3) is 4.04. The summed E-state index contributed by atoms with van der Waals surface area (Å²) in [6.07, 6.45) is 2.14. The smallest absolute Gasteiger partial charge is 0.336 e. The average Bonchev–Trinajstić information content (AvgIpc) is 3.18. The summed E-state index contributed by atoms with van der Waals surface area (Å²) in [6.45, 7) is 5.75. The number of aryl methyl sites for hydroxylation is 2. The van der Waals surface area contributed by atoms with Crippen LogP contribution in [0.2, 0.25) is 0 Å². The Morgan fingerprint density at radius 3 is 2.88 bits per heavy atom. The van der Waals surface area contributed by atoms with E-state index in [1.54, 1.807) is 6.07 Å². The van der Waals surface area contributed by atoms with Crippen LogP contribution in [-0.2, 0) is 17.6 Å². The number of H-pyrrole nitrogens is 1. The van der Waals surface area contributed by atoms with Gasteiger partial charge in [0.2, 0.25) is 5.95 Å². The molecule has 4 aromatic rings. The van der Waals surface area contributed by atoms with E-state index in [9.17, 15) is 9.59 Å². The summed E-state index contributed by atoms with van der Waals surface area (Å²) in [5.41, 5.74) is 2.97. The predicted molar refractivity (Wildman–Crippen MR) is 125 cm³/mol. The molecule has 0 saturated heterocycles. The molecule has 170 valence electrons. The number of hydrogen-bond acceptors (Lipinski definition) is 6. The number of fused-ring (bicyclic) bond motifs is 4. The second-order valence-corrected chi connectivity index (χ2v) is 8.80. The zero-order valence-corrected chi connectivity index (χ0v) is 18.8. The molecule has 2 aromatic carbocycles. The van der Waals surface area contributed by atoms with Gasteiger partial charge in [-0.2, -0.15) is 0 Å². The van der Waals surface area contributed by atoms with Crippen molar-refractivity contribution in [1.82, 2.24) is 9.97 Å². The van der Waals surface area contributed by atoms with Crippen molar-refractivity contribution in [1.29, 1.82) is 0 Å². The molecule has 33 heavy (non-hydrogen) atoms. The number of aromatic nitrogens is 2. The van der Waals surface area contributed by atoms with Gasteiger partial charge in [-0.05, 0) is 50.8 Å². The standard InChI is InChI=1S/C25H25N3O5/c1-4-14-11-21(30)32-23-15-9-10-25(2,3)33-18(15)12-19(22(14)23)31-13-20(29)28-24-26-16-7-5-6-8-17(16)27-24/h5-8,11-12H,4,9-10,13H2,1-3H3,(H2,26,27,28,29). The van der Waals surface area contributed by atoms with Gasteiger partial charge in [0.05, 0.1) is 16.4 Å². The van der Waals surface area contributed by atoms with Crippen molar-refractivity contribution in [3.8, 4) is 11.5 Å². The molecule has 2 N–H and O–H groups in total. The van der Waals surface area contributed by atoms with Crippen LogP contribution in [0.1, 0.15) is 38.3 Å². The highest BCUT2D eigenvalue weighted by Gasteiger charge is 2.30. The van der Waals surface area contributed by atoms with Crippen LogP contribution in [0.3, 0.4) is 0 Å². The van der Waals surface area contributed by atoms with Gasteiger partial charge >= 0.3 is 5.63 Å². The van der Waals surface area contributed by atoms with Crippen molar-refractivity contribution < 1.29 is 18.7 Å². The SMILES string of the molecule is CCc1cc(=O)oc2c3c(cc(OCC(=O)Nc4nc5ccccc5[nH]4)c12)OC(C)(C)CC3. The maximum atomic E-state index is 12.6. The topological polar surface area (TPSA) is 106 Å². The number of nitrogens with one attached hydrogen (secondary N) is 2. The number of imidazole rings is 1. The van der Waals surface area contributed by atoms with Crippen LogP contribution in [-0.4, -0.2) is 28.1 Å². The van der Waals surface area contributed by atoms with Crippen LogP contribution in [0, 0.1) is 0 Å². The second kappa shape index (κ2) is 7.95. The van der Waals surface area contributed by atoms with Gasteiger partial charge in [-0.3, -0.25) is 10.1 Å². The van der Waals surface area contributed by atoms with Gasteiger partial charge in [-0.25, -0.2) is 9.78 Å². The van der Waals surface area contributed by atoms with Crippen molar-refractivity contribution >= 4 is 33.9 Å². The van der Waals surface area contributed by atoms with E-state index < -0.39 is 5.63 Å². The first-order valence-corrected chi connectivity index (χ1v) is 11.0. The Morgan fingerprint density at radius 2 is 2.09 bits per heavy atom. The number of aromatic amines is 1. The molecule has 1 aliphatic rings. The third-order valence-corrected chi connectivity index (χ3v) is 5.87. The van der Waals surface area contributed by atoms with Crippen LogP contribution < -0.4 is 20.4 Å². The van der Waals surface area contributed by atoms with E-state index >= 15 is 0 Å². The predicted octanol–water partition coefficient (Wildman–Crippen LogP) is 4.35. The Labute approximate surface area is 189 Å². The lowest BCUT2D eigenvalue weighted by atomic mass is 9.92. The molecule has 0 fully saturated rings. The highest BCUT2D eigenvalue weighted by molar-refractivity contribution is 5.94. The van der Waals surface area contributed by atoms with Gasteiger partial charge in [-0.15, -0.1) is 0 Å². The number of carbonyl (C=O) groups excluding carboxylic acids is 1. The van der Waals surface area contributed by atoms with Crippen LogP contribution in [0.25, 0.3) is 22.0 Å². The van der Waals surface area contributed by atoms with Crippen LogP contribution in [0.15, 0.2) is 45.6 Å². The zero-order valence-electron chi connectivity index (χ0n) is 18.8. The fourth-order valence-electron chi connectivity index (χ4n) is 4.23. The van der Waals surface area contributed by atoms with E-state index in [0.717, 1.165) is 35.0 Å². The minimum absolute atomic E-state index is 0.239. The van der Waals surface area contributed by atoms with E-state index in [1.807, 2.05) is 45.0 Å². The first-order valence-electron chi connectivity index (χ1n) is 11.0. The summed E-state index contributed by atoms with van der Waals surface area (Å²) in [4.78, 5) is 32.2. The normalized spacial score (nSPS) is 14.6. The zero-order chi connectivity index (χ0) is 23.2. The highest BCUT2D eigenvalue weighted by Crippen LogP contribution is 2.42. The van der Waals surface area contributed by atoms with Crippen molar-refractivity contribution in [3.05, 3.63) is 57.9 Å². The Balaban J connectivity index is 1.46. The largest absolute Gasteiger partial charge is 0.487 e. The molecule has 0 spiro atoms. The molecule has 0 radical (unpaired) electrons. The number of anilines is 1. The van der Waals surface area contributed by atoms with Gasteiger partial charge in [0.25, 0.3) is 5.91 Å². The lowest BCUT2D eigenvalue weighted by molar-refractivity contribution is -0.118. The fraction of sp³-hybridized carbons (Fsp3) is 0.320. The van der Waals surface area contributed by atoms with E-state index in [-0.39, 0.29) is 18.1 Å². The summed E-state index contributed by atoms with van der Waals surface area (Å²) in [6, 6.07) is 10.8. The molecule has 1 aliphatic heterocycles. The number of amides is 1. The number of para-hydroxylation sites is 2. The van der Waals surface area contributed by atoms with E-state index in [0.29, 0.717) is 34.8 Å². The number of nitrogens with zero attached hydrogens (tertiary/aromatic N) is 1. The quantitative estimate of drug-likeness (QED) is 0.441. The van der Waals surface area contributed by atoms with Gasteiger partial charge in [0.15, 0.2) is 6.61 Å². The first kappa shape index (κ1) is 21.1. The number of rotatable bonds is 5. The Bertz CT molecular complexity index is 1400. The number of ether oxygens (including phenoxy) is 2. The van der Waals surface area contributed by atoms with Crippen molar-refractivity contribution in [2.45, 2.75) is 45.6 Å². The summed E-state index contributed by atoms with van der Waals surface area (Å²) in [7, 11) is 0. The van der Waals surface area contributed by atoms with Gasteiger partial charge in [-0.1, -0.05) is 19.1 Å². The minimum atomic E-state index is -0.411. The monoisotopic (exact) mass is 447 g/mol. The maximum Gasteiger partial charge on any atom is 0.336 e. The van der Waals surface area contributed by atoms with Gasteiger partial charge in [0.1, 0.15) is 22.7 Å². The first-order chi connectivity index (χ1) is 15.8. The molecule has 3 heterocycles. The summed E-state index contributed by atoms with van der Waals surface area (Å²) >= 11 is 0. The maximum absolute atomic E-state index is 12.6. The molecule has 0 saturated carbocycles. The van der Waals surface area contributed by atoms with Crippen molar-refractivity contribution in [2.75, 3.05) is 11.9 Å². The van der Waals surface area contributed by atoms with Crippen LogP contribution in [0.5, 0.6) is 11.5 Å². The summed E-state index contributed by atoms with van der Waals surface area (Å²) < 4.78 is 17.7. The highest BCUT2D eigenvalue weighted by atomic mass is 16.5. The Morgan fingerprint density at radius 1 is 1.27 bits per heavy atom. The lowest BCUT2D eigenvalue weighted by Gasteiger charge is -2.33. The summed E-state index contributed by atoms with van der Waals surface area (Å²) in [5.74, 6) is 1.05. The molecular formula is C25H25N3O5. The molecule has 8 nitrogen and oxygen atoms in total. The van der Waals surface area contributed by atoms with Crippen molar-refractivity contribution in [2.24, 2.45) is 0 Å². The van der Waals surface area contributed by atoms with Gasteiger partial charge in [0, 0.05) is 17.7 Å². The van der Waals surface area contributed by atoms with Gasteiger partial charge < -0.3 is 18.9 Å². The van der Waals surface area contributed by atoms with E-state index in [1.165, 1.54) is 6.07 Å². The molecule has 8 heteroatoms. The molecule has 5 rings (SSSR count). The molecule has 0 unspecified atom stereocenters. The molecule has 2 aromatic heterocycles. The number of benzene rings is 2. The van der Waals surface area contributed by atoms with Crippen molar-refractivity contribution in [3.63, 3.8) is 0 Å². The summed E-state index contributed by atoms with van der Waals surface area (Å²) in [5, 5.41) is 3.43. The third-order valence-electron chi connectivity index (χ3n) is 5.87. The molecule has 0 aliphatic carbocycles. The molecule has 0 bridgehead atoms. The minimum Gasteiger partial charge on any atom is -0.487 e. The van der Waals surface area contributed by atoms with E-state index in [4.69, 9.17) is 13.9 Å². The van der Waals surface area contributed by atoms with E-state index in [2.05, 4.69) is 15.3 Å². The number of carbonyl (C=O) groups is 1. The number of hydrogen-bond donors (Lipinski definition) is 2. The Kier molecular flexibility index (Phi) is 5.08. The fourth-order valence-corrected chi connectivity index (χ4v) is 4.23. The Hall–Kier alpha value is -3.81. The average molecular weight is 447 g/mol. The molecule has 1 amide bonds. The molecule has 0 atom stereocenters. The lowest BCUT2D eigenvalue weighted by Crippen LogP contribution is -2.32.